The number of fused-ring (bicyclic) bond motifs is 1. The molecule has 0 aliphatic rings. The van der Waals surface area contributed by atoms with Crippen molar-refractivity contribution in [3.8, 4) is 0 Å². The summed E-state index contributed by atoms with van der Waals surface area (Å²) in [6.07, 6.45) is 3.75. The zero-order valence-electron chi connectivity index (χ0n) is 10.9. The van der Waals surface area contributed by atoms with Gasteiger partial charge in [-0.05, 0) is 43.1 Å². The van der Waals surface area contributed by atoms with Crippen LogP contribution in [0, 0.1) is 0 Å². The van der Waals surface area contributed by atoms with Crippen LogP contribution in [0.3, 0.4) is 0 Å². The topological polar surface area (TPSA) is 42.2 Å². The zero-order chi connectivity index (χ0) is 13.9. The van der Waals surface area contributed by atoms with Crippen LogP contribution in [-0.4, -0.2) is 21.4 Å². The number of aromatic nitrogens is 3. The van der Waals surface area contributed by atoms with E-state index in [2.05, 4.69) is 19.7 Å². The predicted molar refractivity (Wildman–Crippen MR) is 81.3 cm³/mol. The lowest BCUT2D eigenvalue weighted by molar-refractivity contribution is 0.764. The van der Waals surface area contributed by atoms with Crippen molar-refractivity contribution in [3.05, 3.63) is 53.4 Å². The average Bonchev–Trinajstić information content (AvgIpc) is 2.80. The molecule has 6 heteroatoms. The van der Waals surface area contributed by atoms with Gasteiger partial charge in [0.15, 0.2) is 0 Å². The minimum atomic E-state index is 0.643. The van der Waals surface area contributed by atoms with Crippen LogP contribution >= 0.6 is 23.4 Å². The number of pyridine rings is 2. The third-order valence-electron chi connectivity index (χ3n) is 2.85. The number of halogens is 1. The Balaban J connectivity index is 2.06. The van der Waals surface area contributed by atoms with Gasteiger partial charge >= 0.3 is 0 Å². The second-order valence-electron chi connectivity index (χ2n) is 4.22. The van der Waals surface area contributed by atoms with Crippen LogP contribution in [0.15, 0.2) is 52.8 Å². The molecular weight excluding hydrogens is 292 g/mol. The summed E-state index contributed by atoms with van der Waals surface area (Å²) in [5.41, 5.74) is 2.03. The molecule has 0 unspecified atom stereocenters. The standard InChI is InChI=1S/C14H13ClN4S/c1-16-9-11-14(18-12-6-2-3-8-19(11)12)20-13-10(15)5-4-7-17-13/h2-8,16H,9H2,1H3. The Hall–Kier alpha value is -1.56. The summed E-state index contributed by atoms with van der Waals surface area (Å²) in [5.74, 6) is 0. The maximum absolute atomic E-state index is 6.17. The van der Waals surface area contributed by atoms with E-state index in [0.717, 1.165) is 27.9 Å². The van der Waals surface area contributed by atoms with Crippen molar-refractivity contribution < 1.29 is 0 Å². The molecule has 3 rings (SSSR count). The van der Waals surface area contributed by atoms with E-state index in [1.54, 1.807) is 6.20 Å². The summed E-state index contributed by atoms with van der Waals surface area (Å²) in [7, 11) is 1.92. The van der Waals surface area contributed by atoms with E-state index < -0.39 is 0 Å². The predicted octanol–water partition coefficient (Wildman–Crippen LogP) is 3.25. The molecule has 0 aliphatic heterocycles. The Morgan fingerprint density at radius 3 is 2.95 bits per heavy atom. The van der Waals surface area contributed by atoms with Crippen molar-refractivity contribution in [1.82, 2.24) is 19.7 Å². The molecule has 0 fully saturated rings. The number of hydrogen-bond donors (Lipinski definition) is 1. The second kappa shape index (κ2) is 5.83. The van der Waals surface area contributed by atoms with Crippen molar-refractivity contribution in [2.75, 3.05) is 7.05 Å². The Morgan fingerprint density at radius 1 is 1.25 bits per heavy atom. The zero-order valence-corrected chi connectivity index (χ0v) is 12.4. The molecule has 4 nitrogen and oxygen atoms in total. The van der Waals surface area contributed by atoms with Crippen LogP contribution in [0.1, 0.15) is 5.69 Å². The Kier molecular flexibility index (Phi) is 3.91. The molecule has 0 atom stereocenters. The normalized spacial score (nSPS) is 11.1. The quantitative estimate of drug-likeness (QED) is 0.803. The van der Waals surface area contributed by atoms with Crippen LogP contribution in [0.4, 0.5) is 0 Å². The highest BCUT2D eigenvalue weighted by Gasteiger charge is 2.14. The smallest absolute Gasteiger partial charge is 0.138 e. The van der Waals surface area contributed by atoms with Crippen molar-refractivity contribution in [1.29, 1.82) is 0 Å². The molecule has 102 valence electrons. The fourth-order valence-electron chi connectivity index (χ4n) is 1.97. The van der Waals surface area contributed by atoms with Crippen LogP contribution in [0.25, 0.3) is 5.65 Å². The number of hydrogen-bond acceptors (Lipinski definition) is 4. The lowest BCUT2D eigenvalue weighted by Crippen LogP contribution is -2.08. The molecule has 3 aromatic heterocycles. The van der Waals surface area contributed by atoms with Crippen LogP contribution in [0.5, 0.6) is 0 Å². The minimum Gasteiger partial charge on any atom is -0.314 e. The summed E-state index contributed by atoms with van der Waals surface area (Å²) in [6.45, 7) is 0.734. The molecule has 0 radical (unpaired) electrons. The Bertz CT molecular complexity index is 741. The van der Waals surface area contributed by atoms with Crippen LogP contribution in [0.2, 0.25) is 5.02 Å². The first-order valence-electron chi connectivity index (χ1n) is 6.18. The van der Waals surface area contributed by atoms with Crippen molar-refractivity contribution >= 4 is 29.0 Å². The molecule has 0 saturated heterocycles. The first kappa shape index (κ1) is 13.4. The summed E-state index contributed by atoms with van der Waals surface area (Å²) < 4.78 is 2.08. The lowest BCUT2D eigenvalue weighted by atomic mass is 10.4. The molecule has 0 amide bonds. The van der Waals surface area contributed by atoms with Crippen LogP contribution in [-0.2, 0) is 6.54 Å². The number of nitrogens with one attached hydrogen (secondary N) is 1. The van der Waals surface area contributed by atoms with E-state index in [0.29, 0.717) is 5.02 Å². The molecule has 0 saturated carbocycles. The molecule has 1 N–H and O–H groups in total. The second-order valence-corrected chi connectivity index (χ2v) is 5.60. The Labute approximate surface area is 126 Å². The summed E-state index contributed by atoms with van der Waals surface area (Å²) in [5, 5.41) is 5.51. The van der Waals surface area contributed by atoms with Gasteiger partial charge < -0.3 is 9.72 Å². The Morgan fingerprint density at radius 2 is 2.15 bits per heavy atom. The molecule has 0 bridgehead atoms. The monoisotopic (exact) mass is 304 g/mol. The highest BCUT2D eigenvalue weighted by atomic mass is 35.5. The molecule has 20 heavy (non-hydrogen) atoms. The van der Waals surface area contributed by atoms with Crippen molar-refractivity contribution in [3.63, 3.8) is 0 Å². The first-order chi connectivity index (χ1) is 9.79. The molecule has 3 aromatic rings. The fraction of sp³-hybridized carbons (Fsp3) is 0.143. The molecule has 0 aromatic carbocycles. The van der Waals surface area contributed by atoms with Gasteiger partial charge in [-0.1, -0.05) is 17.7 Å². The fourth-order valence-corrected chi connectivity index (χ4v) is 3.10. The van der Waals surface area contributed by atoms with E-state index in [-0.39, 0.29) is 0 Å². The van der Waals surface area contributed by atoms with E-state index in [9.17, 15) is 0 Å². The van der Waals surface area contributed by atoms with Gasteiger partial charge in [-0.15, -0.1) is 0 Å². The summed E-state index contributed by atoms with van der Waals surface area (Å²) in [6, 6.07) is 9.63. The van der Waals surface area contributed by atoms with Crippen LogP contribution < -0.4 is 5.32 Å². The molecule has 3 heterocycles. The van der Waals surface area contributed by atoms with Crippen molar-refractivity contribution in [2.24, 2.45) is 0 Å². The van der Waals surface area contributed by atoms with Gasteiger partial charge in [-0.2, -0.15) is 0 Å². The summed E-state index contributed by atoms with van der Waals surface area (Å²) in [4.78, 5) is 8.96. The van der Waals surface area contributed by atoms with E-state index in [4.69, 9.17) is 11.6 Å². The van der Waals surface area contributed by atoms with Gasteiger partial charge in [0.2, 0.25) is 0 Å². The average molecular weight is 305 g/mol. The highest BCUT2D eigenvalue weighted by Crippen LogP contribution is 2.33. The molecular formula is C14H13ClN4S. The summed E-state index contributed by atoms with van der Waals surface area (Å²) >= 11 is 7.66. The van der Waals surface area contributed by atoms with Gasteiger partial charge in [-0.25, -0.2) is 9.97 Å². The third kappa shape index (κ3) is 2.52. The van der Waals surface area contributed by atoms with Gasteiger partial charge in [0.25, 0.3) is 0 Å². The van der Waals surface area contributed by atoms with E-state index in [1.165, 1.54) is 11.8 Å². The van der Waals surface area contributed by atoms with E-state index >= 15 is 0 Å². The van der Waals surface area contributed by atoms with Crippen molar-refractivity contribution in [2.45, 2.75) is 16.6 Å². The maximum Gasteiger partial charge on any atom is 0.138 e. The third-order valence-corrected chi connectivity index (χ3v) is 4.31. The molecule has 0 aliphatic carbocycles. The maximum atomic E-state index is 6.17. The number of nitrogens with zero attached hydrogens (tertiary/aromatic N) is 3. The van der Waals surface area contributed by atoms with Gasteiger partial charge in [-0.3, -0.25) is 0 Å². The number of imidazole rings is 1. The van der Waals surface area contributed by atoms with Gasteiger partial charge in [0.1, 0.15) is 15.7 Å². The molecule has 0 spiro atoms. The SMILES string of the molecule is CNCc1c(Sc2ncccc2Cl)nc2ccccn12. The van der Waals surface area contributed by atoms with Gasteiger partial charge in [0, 0.05) is 18.9 Å². The first-order valence-corrected chi connectivity index (χ1v) is 7.38. The lowest BCUT2D eigenvalue weighted by Gasteiger charge is -2.04. The van der Waals surface area contributed by atoms with E-state index in [1.807, 2.05) is 43.6 Å². The largest absolute Gasteiger partial charge is 0.314 e. The van der Waals surface area contributed by atoms with Gasteiger partial charge in [0.05, 0.1) is 10.7 Å². The number of rotatable bonds is 4. The minimum absolute atomic E-state index is 0.643. The highest BCUT2D eigenvalue weighted by molar-refractivity contribution is 7.99.